The molecule has 0 aliphatic carbocycles. The molecule has 104 valence electrons. The molecule has 0 bridgehead atoms. The molecule has 2 rings (SSSR count). The number of halogens is 3. The van der Waals surface area contributed by atoms with Crippen molar-refractivity contribution < 1.29 is 18.3 Å². The first-order valence-corrected chi connectivity index (χ1v) is 6.48. The lowest BCUT2D eigenvalue weighted by molar-refractivity contribution is -0.118. The lowest BCUT2D eigenvalue weighted by atomic mass is 10.3. The van der Waals surface area contributed by atoms with E-state index in [0.29, 0.717) is 10.2 Å². The number of anilines is 1. The molecule has 20 heavy (non-hydrogen) atoms. The van der Waals surface area contributed by atoms with Crippen molar-refractivity contribution in [1.82, 2.24) is 0 Å². The number of para-hydroxylation sites is 1. The van der Waals surface area contributed by atoms with Crippen LogP contribution in [0, 0.1) is 11.6 Å². The van der Waals surface area contributed by atoms with Crippen LogP contribution in [-0.4, -0.2) is 12.5 Å². The van der Waals surface area contributed by atoms with E-state index in [9.17, 15) is 13.6 Å². The van der Waals surface area contributed by atoms with Crippen LogP contribution >= 0.6 is 15.9 Å². The van der Waals surface area contributed by atoms with Crippen LogP contribution in [0.5, 0.6) is 5.75 Å². The maximum atomic E-state index is 13.4. The number of hydrogen-bond donors (Lipinski definition) is 1. The molecule has 1 N–H and O–H groups in total. The summed E-state index contributed by atoms with van der Waals surface area (Å²) in [6, 6.07) is 11.0. The van der Waals surface area contributed by atoms with Crippen molar-refractivity contribution in [3.05, 3.63) is 58.6 Å². The maximum Gasteiger partial charge on any atom is 0.262 e. The third kappa shape index (κ3) is 3.77. The van der Waals surface area contributed by atoms with Gasteiger partial charge in [-0.25, -0.2) is 4.39 Å². The lowest BCUT2D eigenvalue weighted by Gasteiger charge is -2.09. The molecule has 0 fully saturated rings. The molecular weight excluding hydrogens is 332 g/mol. The van der Waals surface area contributed by atoms with E-state index in [1.807, 2.05) is 6.07 Å². The summed E-state index contributed by atoms with van der Waals surface area (Å²) in [5.41, 5.74) is 0.599. The third-order valence-electron chi connectivity index (χ3n) is 2.38. The van der Waals surface area contributed by atoms with Gasteiger partial charge in [-0.15, -0.1) is 0 Å². The molecule has 0 heterocycles. The summed E-state index contributed by atoms with van der Waals surface area (Å²) in [7, 11) is 0. The number of amides is 1. The number of carbonyl (C=O) groups is 1. The Labute approximate surface area is 122 Å². The monoisotopic (exact) mass is 341 g/mol. The fourth-order valence-corrected chi connectivity index (χ4v) is 1.91. The van der Waals surface area contributed by atoms with Gasteiger partial charge in [0.25, 0.3) is 5.91 Å². The number of rotatable bonds is 4. The van der Waals surface area contributed by atoms with Gasteiger partial charge in [-0.3, -0.25) is 4.79 Å². The Morgan fingerprint density at radius 2 is 1.90 bits per heavy atom. The van der Waals surface area contributed by atoms with Gasteiger partial charge in [0.2, 0.25) is 5.82 Å². The van der Waals surface area contributed by atoms with Gasteiger partial charge in [0.1, 0.15) is 0 Å². The standard InChI is InChI=1S/C14H10BrF2NO2/c15-9-6-11(16)14(17)12(7-9)20-8-13(19)18-10-4-2-1-3-5-10/h1-7H,8H2,(H,18,19). The summed E-state index contributed by atoms with van der Waals surface area (Å²) in [5, 5.41) is 2.57. The van der Waals surface area contributed by atoms with E-state index in [-0.39, 0.29) is 5.75 Å². The van der Waals surface area contributed by atoms with Crippen LogP contribution in [0.25, 0.3) is 0 Å². The smallest absolute Gasteiger partial charge is 0.262 e. The lowest BCUT2D eigenvalue weighted by Crippen LogP contribution is -2.20. The fourth-order valence-electron chi connectivity index (χ4n) is 1.50. The molecule has 0 aliphatic rings. The topological polar surface area (TPSA) is 38.3 Å². The minimum absolute atomic E-state index is 0.319. The molecule has 2 aromatic rings. The molecule has 2 aromatic carbocycles. The Balaban J connectivity index is 1.97. The van der Waals surface area contributed by atoms with Gasteiger partial charge in [0.05, 0.1) is 0 Å². The second-order valence-electron chi connectivity index (χ2n) is 3.90. The molecule has 0 saturated heterocycles. The van der Waals surface area contributed by atoms with E-state index in [1.54, 1.807) is 24.3 Å². The number of nitrogens with one attached hydrogen (secondary N) is 1. The molecule has 0 aromatic heterocycles. The quantitative estimate of drug-likeness (QED) is 0.860. The highest BCUT2D eigenvalue weighted by Crippen LogP contribution is 2.25. The molecule has 0 unspecified atom stereocenters. The summed E-state index contributed by atoms with van der Waals surface area (Å²) < 4.78 is 31.8. The van der Waals surface area contributed by atoms with Crippen LogP contribution in [0.2, 0.25) is 0 Å². The Kier molecular flexibility index (Phi) is 4.68. The highest BCUT2D eigenvalue weighted by atomic mass is 79.9. The third-order valence-corrected chi connectivity index (χ3v) is 2.83. The minimum Gasteiger partial charge on any atom is -0.481 e. The predicted molar refractivity (Wildman–Crippen MR) is 74.6 cm³/mol. The van der Waals surface area contributed by atoms with E-state index < -0.39 is 24.1 Å². The van der Waals surface area contributed by atoms with Crippen LogP contribution in [0.4, 0.5) is 14.5 Å². The molecule has 3 nitrogen and oxygen atoms in total. The first kappa shape index (κ1) is 14.5. The molecule has 0 spiro atoms. The van der Waals surface area contributed by atoms with Gasteiger partial charge in [-0.2, -0.15) is 4.39 Å². The second-order valence-corrected chi connectivity index (χ2v) is 4.82. The Bertz CT molecular complexity index is 620. The SMILES string of the molecule is O=C(COc1cc(Br)cc(F)c1F)Nc1ccccc1. The molecule has 0 radical (unpaired) electrons. The molecular formula is C14H10BrF2NO2. The van der Waals surface area contributed by atoms with Crippen molar-refractivity contribution in [2.75, 3.05) is 11.9 Å². The normalized spacial score (nSPS) is 10.2. The van der Waals surface area contributed by atoms with Gasteiger partial charge in [0, 0.05) is 10.2 Å². The van der Waals surface area contributed by atoms with E-state index >= 15 is 0 Å². The summed E-state index contributed by atoms with van der Waals surface area (Å²) in [6.07, 6.45) is 0. The fraction of sp³-hybridized carbons (Fsp3) is 0.0714. The van der Waals surface area contributed by atoms with E-state index in [2.05, 4.69) is 21.2 Å². The van der Waals surface area contributed by atoms with Crippen molar-refractivity contribution >= 4 is 27.5 Å². The summed E-state index contributed by atoms with van der Waals surface area (Å²) in [5.74, 6) is -2.95. The first-order valence-electron chi connectivity index (χ1n) is 5.68. The van der Waals surface area contributed by atoms with Gasteiger partial charge >= 0.3 is 0 Å². The average Bonchev–Trinajstić information content (AvgIpc) is 2.42. The van der Waals surface area contributed by atoms with Crippen molar-refractivity contribution in [2.24, 2.45) is 0 Å². The Hall–Kier alpha value is -1.95. The zero-order valence-electron chi connectivity index (χ0n) is 10.2. The van der Waals surface area contributed by atoms with Crippen molar-refractivity contribution in [1.29, 1.82) is 0 Å². The summed E-state index contributed by atoms with van der Waals surface area (Å²) in [6.45, 7) is -0.415. The zero-order valence-corrected chi connectivity index (χ0v) is 11.8. The van der Waals surface area contributed by atoms with Crippen LogP contribution in [-0.2, 0) is 4.79 Å². The van der Waals surface area contributed by atoms with Crippen LogP contribution in [0.3, 0.4) is 0 Å². The molecule has 6 heteroatoms. The molecule has 1 amide bonds. The van der Waals surface area contributed by atoms with Gasteiger partial charge in [-0.1, -0.05) is 34.1 Å². The maximum absolute atomic E-state index is 13.4. The van der Waals surface area contributed by atoms with Crippen molar-refractivity contribution in [3.63, 3.8) is 0 Å². The molecule has 0 saturated carbocycles. The van der Waals surface area contributed by atoms with Crippen molar-refractivity contribution in [3.8, 4) is 5.75 Å². The summed E-state index contributed by atoms with van der Waals surface area (Å²) >= 11 is 3.02. The Morgan fingerprint density at radius 1 is 1.20 bits per heavy atom. The number of benzene rings is 2. The number of hydrogen-bond acceptors (Lipinski definition) is 2. The Morgan fingerprint density at radius 3 is 2.60 bits per heavy atom. The second kappa shape index (κ2) is 6.47. The predicted octanol–water partition coefficient (Wildman–Crippen LogP) is 3.74. The van der Waals surface area contributed by atoms with Crippen LogP contribution in [0.15, 0.2) is 46.9 Å². The van der Waals surface area contributed by atoms with Crippen LogP contribution in [0.1, 0.15) is 0 Å². The highest BCUT2D eigenvalue weighted by molar-refractivity contribution is 9.10. The largest absolute Gasteiger partial charge is 0.481 e. The first-order chi connectivity index (χ1) is 9.56. The average molecular weight is 342 g/mol. The van der Waals surface area contributed by atoms with Crippen LogP contribution < -0.4 is 10.1 Å². The molecule has 0 aliphatic heterocycles. The van der Waals surface area contributed by atoms with E-state index in [4.69, 9.17) is 4.74 Å². The van der Waals surface area contributed by atoms with Gasteiger partial charge < -0.3 is 10.1 Å². The van der Waals surface area contributed by atoms with E-state index in [1.165, 1.54) is 6.07 Å². The van der Waals surface area contributed by atoms with Gasteiger partial charge in [-0.05, 0) is 24.3 Å². The van der Waals surface area contributed by atoms with Crippen molar-refractivity contribution in [2.45, 2.75) is 0 Å². The summed E-state index contributed by atoms with van der Waals surface area (Å²) in [4.78, 5) is 11.6. The van der Waals surface area contributed by atoms with Gasteiger partial charge in [0.15, 0.2) is 18.2 Å². The number of ether oxygens (including phenoxy) is 1. The minimum atomic E-state index is -1.12. The molecule has 0 atom stereocenters. The van der Waals surface area contributed by atoms with E-state index in [0.717, 1.165) is 6.07 Å². The highest BCUT2D eigenvalue weighted by Gasteiger charge is 2.12. The number of carbonyl (C=O) groups excluding carboxylic acids is 1. The zero-order chi connectivity index (χ0) is 14.5.